The molecule has 0 amide bonds. The van der Waals surface area contributed by atoms with Crippen molar-refractivity contribution in [2.24, 2.45) is 4.99 Å². The Hall–Kier alpha value is -1.90. The van der Waals surface area contributed by atoms with Gasteiger partial charge in [-0.05, 0) is 52.0 Å². The van der Waals surface area contributed by atoms with Crippen LogP contribution in [0.4, 0.5) is 0 Å². The second-order valence-electron chi connectivity index (χ2n) is 5.23. The number of hydrogen-bond acceptors (Lipinski definition) is 2. The van der Waals surface area contributed by atoms with E-state index < -0.39 is 12.0 Å². The van der Waals surface area contributed by atoms with Gasteiger partial charge in [0.1, 0.15) is 6.04 Å². The van der Waals surface area contributed by atoms with Crippen LogP contribution in [0.15, 0.2) is 53.1 Å². The third kappa shape index (κ3) is 10.5. The Bertz CT molecular complexity index is 456. The summed E-state index contributed by atoms with van der Waals surface area (Å²) in [5.41, 5.74) is 3.42. The van der Waals surface area contributed by atoms with E-state index in [1.807, 2.05) is 6.92 Å². The molecule has 0 aliphatic carbocycles. The molecule has 3 nitrogen and oxygen atoms in total. The summed E-state index contributed by atoms with van der Waals surface area (Å²) in [6.45, 7) is 13.2. The minimum absolute atomic E-state index is 0.687. The maximum atomic E-state index is 10.6. The van der Waals surface area contributed by atoms with Crippen molar-refractivity contribution in [1.82, 2.24) is 0 Å². The molecule has 0 spiro atoms. The van der Waals surface area contributed by atoms with Crippen molar-refractivity contribution >= 4 is 12.2 Å². The number of carboxylic acid groups (broad SMARTS) is 1. The Morgan fingerprint density at radius 3 is 2.43 bits per heavy atom. The quantitative estimate of drug-likeness (QED) is 0.359. The number of hydrogen-bond donors (Lipinski definition) is 1. The Kier molecular flexibility index (Phi) is 9.86. The number of carbonyl (C=O) groups is 1. The molecule has 0 unspecified atom stereocenters. The Morgan fingerprint density at radius 2 is 1.86 bits per heavy atom. The van der Waals surface area contributed by atoms with Crippen LogP contribution < -0.4 is 0 Å². The van der Waals surface area contributed by atoms with Gasteiger partial charge in [0.05, 0.1) is 0 Å². The highest BCUT2D eigenvalue weighted by Crippen LogP contribution is 2.10. The van der Waals surface area contributed by atoms with E-state index in [0.29, 0.717) is 0 Å². The molecule has 1 N–H and O–H groups in total. The summed E-state index contributed by atoms with van der Waals surface area (Å²) in [7, 11) is 0. The average Bonchev–Trinajstić information content (AvgIpc) is 2.44. The predicted octanol–water partition coefficient (Wildman–Crippen LogP) is 4.73. The second-order valence-corrected chi connectivity index (χ2v) is 5.23. The van der Waals surface area contributed by atoms with Crippen LogP contribution in [-0.4, -0.2) is 23.3 Å². The lowest BCUT2D eigenvalue weighted by Gasteiger charge is -2.01. The molecule has 3 heteroatoms. The Balaban J connectivity index is 4.12. The summed E-state index contributed by atoms with van der Waals surface area (Å²) in [5, 5.41) is 8.73. The normalized spacial score (nSPS) is 14.2. The van der Waals surface area contributed by atoms with Gasteiger partial charge < -0.3 is 5.11 Å². The van der Waals surface area contributed by atoms with Crippen LogP contribution >= 0.6 is 0 Å². The summed E-state index contributed by atoms with van der Waals surface area (Å²) in [5.74, 6) is -0.904. The van der Waals surface area contributed by atoms with Gasteiger partial charge in [0, 0.05) is 6.21 Å². The van der Waals surface area contributed by atoms with Gasteiger partial charge in [0.2, 0.25) is 0 Å². The van der Waals surface area contributed by atoms with E-state index in [1.54, 1.807) is 19.2 Å². The summed E-state index contributed by atoms with van der Waals surface area (Å²) < 4.78 is 0. The number of allylic oxidation sites excluding steroid dienone is 6. The minimum Gasteiger partial charge on any atom is -0.480 e. The zero-order valence-corrected chi connectivity index (χ0v) is 13.4. The zero-order chi connectivity index (χ0) is 16.3. The number of carboxylic acids is 1. The van der Waals surface area contributed by atoms with Crippen LogP contribution in [0.3, 0.4) is 0 Å². The smallest absolute Gasteiger partial charge is 0.328 e. The van der Waals surface area contributed by atoms with Crippen LogP contribution in [0.2, 0.25) is 0 Å². The summed E-state index contributed by atoms with van der Waals surface area (Å²) in [4.78, 5) is 14.6. The molecule has 0 rings (SSSR count). The molecule has 1 atom stereocenters. The third-order valence-corrected chi connectivity index (χ3v) is 3.11. The second kappa shape index (κ2) is 10.8. The average molecular weight is 289 g/mol. The highest BCUT2D eigenvalue weighted by Gasteiger charge is 2.05. The molecule has 116 valence electrons. The first-order valence-electron chi connectivity index (χ1n) is 7.25. The van der Waals surface area contributed by atoms with Crippen molar-refractivity contribution in [3.05, 3.63) is 48.1 Å². The van der Waals surface area contributed by atoms with Gasteiger partial charge >= 0.3 is 5.97 Å². The van der Waals surface area contributed by atoms with E-state index >= 15 is 0 Å². The first-order chi connectivity index (χ1) is 9.86. The largest absolute Gasteiger partial charge is 0.480 e. The molecule has 0 aromatic rings. The number of aliphatic imine (C=N–C) groups is 1. The molecule has 0 fully saturated rings. The summed E-state index contributed by atoms with van der Waals surface area (Å²) in [6.07, 6.45) is 11.6. The molecule has 0 aliphatic rings. The van der Waals surface area contributed by atoms with Crippen LogP contribution in [0.1, 0.15) is 46.5 Å². The third-order valence-electron chi connectivity index (χ3n) is 3.11. The molecule has 0 saturated heterocycles. The first kappa shape index (κ1) is 19.1. The summed E-state index contributed by atoms with van der Waals surface area (Å²) in [6, 6.07) is -0.687. The monoisotopic (exact) mass is 289 g/mol. The Morgan fingerprint density at radius 1 is 1.24 bits per heavy atom. The highest BCUT2D eigenvalue weighted by molar-refractivity contribution is 5.81. The SMILES string of the molecule is C=CC(=C)CC/C=C(\C)CC/C=C(C)/C=N/[C@@H](C)C(=O)O. The van der Waals surface area contributed by atoms with Crippen LogP contribution in [0.25, 0.3) is 0 Å². The van der Waals surface area contributed by atoms with Gasteiger partial charge in [-0.2, -0.15) is 0 Å². The molecule has 0 aliphatic heterocycles. The maximum absolute atomic E-state index is 10.6. The van der Waals surface area contributed by atoms with Crippen LogP contribution in [-0.2, 0) is 4.79 Å². The van der Waals surface area contributed by atoms with E-state index in [9.17, 15) is 4.79 Å². The molecular weight excluding hydrogens is 262 g/mol. The van der Waals surface area contributed by atoms with E-state index in [0.717, 1.165) is 36.8 Å². The van der Waals surface area contributed by atoms with Gasteiger partial charge in [-0.1, -0.05) is 42.5 Å². The van der Waals surface area contributed by atoms with Crippen molar-refractivity contribution in [1.29, 1.82) is 0 Å². The van der Waals surface area contributed by atoms with E-state index in [-0.39, 0.29) is 0 Å². The van der Waals surface area contributed by atoms with Gasteiger partial charge in [0.15, 0.2) is 0 Å². The van der Waals surface area contributed by atoms with Gasteiger partial charge in [-0.25, -0.2) is 4.79 Å². The molecule has 0 aromatic heterocycles. The van der Waals surface area contributed by atoms with Gasteiger partial charge in [0.25, 0.3) is 0 Å². The van der Waals surface area contributed by atoms with Crippen LogP contribution in [0.5, 0.6) is 0 Å². The lowest BCUT2D eigenvalue weighted by molar-refractivity contribution is -0.137. The van der Waals surface area contributed by atoms with Crippen LogP contribution in [0, 0.1) is 0 Å². The standard InChI is InChI=1S/C18H27NO2/c1-6-14(2)9-7-10-15(3)11-8-12-16(4)13-19-17(5)18(20)21/h6,10,12-13,17H,1-2,7-9,11H2,3-5H3,(H,20,21)/b15-10+,16-12+,19-13+/t17-/m0/s1. The lowest BCUT2D eigenvalue weighted by Crippen LogP contribution is -2.13. The van der Waals surface area contributed by atoms with E-state index in [4.69, 9.17) is 5.11 Å². The lowest BCUT2D eigenvalue weighted by atomic mass is 10.1. The fourth-order valence-corrected chi connectivity index (χ4v) is 1.58. The van der Waals surface area contributed by atoms with Gasteiger partial charge in [-0.3, -0.25) is 4.99 Å². The molecule has 0 radical (unpaired) electrons. The number of rotatable bonds is 10. The fourth-order valence-electron chi connectivity index (χ4n) is 1.58. The highest BCUT2D eigenvalue weighted by atomic mass is 16.4. The molecule has 0 aromatic carbocycles. The van der Waals surface area contributed by atoms with Gasteiger partial charge in [-0.15, -0.1) is 0 Å². The van der Waals surface area contributed by atoms with E-state index in [1.165, 1.54) is 5.57 Å². The van der Waals surface area contributed by atoms with Crippen molar-refractivity contribution < 1.29 is 9.90 Å². The van der Waals surface area contributed by atoms with E-state index in [2.05, 4.69) is 37.2 Å². The topological polar surface area (TPSA) is 49.7 Å². The first-order valence-corrected chi connectivity index (χ1v) is 7.25. The summed E-state index contributed by atoms with van der Waals surface area (Å²) >= 11 is 0. The minimum atomic E-state index is -0.904. The molecule has 0 bridgehead atoms. The van der Waals surface area contributed by atoms with Crippen molar-refractivity contribution in [3.8, 4) is 0 Å². The molecule has 21 heavy (non-hydrogen) atoms. The maximum Gasteiger partial charge on any atom is 0.328 e. The van der Waals surface area contributed by atoms with Crippen molar-refractivity contribution in [3.63, 3.8) is 0 Å². The Labute approximate surface area is 128 Å². The van der Waals surface area contributed by atoms with Crippen molar-refractivity contribution in [2.75, 3.05) is 0 Å². The molecule has 0 heterocycles. The predicted molar refractivity (Wildman–Crippen MR) is 90.9 cm³/mol. The number of aliphatic carboxylic acids is 1. The number of nitrogens with zero attached hydrogens (tertiary/aromatic N) is 1. The van der Waals surface area contributed by atoms with Crippen molar-refractivity contribution in [2.45, 2.75) is 52.5 Å². The molecule has 0 saturated carbocycles. The fraction of sp³-hybridized carbons (Fsp3) is 0.444. The molecular formula is C18H27NO2. The zero-order valence-electron chi connectivity index (χ0n) is 13.4.